The second-order valence-electron chi connectivity index (χ2n) is 8.80. The minimum atomic E-state index is -0.142. The molecule has 0 unspecified atom stereocenters. The van der Waals surface area contributed by atoms with Crippen molar-refractivity contribution < 1.29 is 4.74 Å². The Bertz CT molecular complexity index is 1590. The van der Waals surface area contributed by atoms with E-state index in [1.54, 1.807) is 30.7 Å². The smallest absolute Gasteiger partial charge is 0.284 e. The number of aromatic nitrogens is 9. The van der Waals surface area contributed by atoms with Crippen LogP contribution >= 0.6 is 0 Å². The van der Waals surface area contributed by atoms with E-state index in [0.717, 1.165) is 49.2 Å². The van der Waals surface area contributed by atoms with Crippen molar-refractivity contribution >= 4 is 22.8 Å². The number of aromatic amines is 1. The summed E-state index contributed by atoms with van der Waals surface area (Å²) in [6.45, 7) is 6.21. The number of aryl methyl sites for hydroxylation is 2. The molecule has 0 saturated carbocycles. The van der Waals surface area contributed by atoms with Crippen LogP contribution in [-0.2, 0) is 6.54 Å². The van der Waals surface area contributed by atoms with E-state index >= 15 is 0 Å². The number of rotatable bonds is 7. The first kappa shape index (κ1) is 21.3. The van der Waals surface area contributed by atoms with Gasteiger partial charge in [-0.3, -0.25) is 9.48 Å². The van der Waals surface area contributed by atoms with E-state index in [1.165, 1.54) is 0 Å². The standard InChI is InChI=1S/C23H26N10O2/c1-4-5-8-31-18-9-17(26-20(18)21(34)33-14(2)28-29-23(31)33)15-10-25-32(11-15)16-12-30(13-16)22-24-7-6-19(27-22)35-3/h6-7,9-11,16,26H,4-5,8,12-13H2,1-3H3. The predicted molar refractivity (Wildman–Crippen MR) is 130 cm³/mol. The SMILES string of the molecule is CCCCn1c2cc(-c3cnn(C4CN(c5nccc(OC)n5)C4)c3)[nH]c2c(=O)n2c(C)nnc12. The summed E-state index contributed by atoms with van der Waals surface area (Å²) in [5, 5.41) is 13.0. The van der Waals surface area contributed by atoms with Crippen LogP contribution in [0.2, 0.25) is 0 Å². The molecule has 0 aromatic carbocycles. The van der Waals surface area contributed by atoms with Crippen molar-refractivity contribution in [1.82, 2.24) is 43.9 Å². The zero-order chi connectivity index (χ0) is 24.1. The lowest BCUT2D eigenvalue weighted by atomic mass is 10.1. The van der Waals surface area contributed by atoms with E-state index in [9.17, 15) is 4.79 Å². The largest absolute Gasteiger partial charge is 0.481 e. The minimum Gasteiger partial charge on any atom is -0.481 e. The molecule has 1 aliphatic heterocycles. The third kappa shape index (κ3) is 3.44. The van der Waals surface area contributed by atoms with Gasteiger partial charge in [0.2, 0.25) is 17.6 Å². The molecule has 6 heterocycles. The van der Waals surface area contributed by atoms with Crippen LogP contribution in [0.25, 0.3) is 28.1 Å². The lowest BCUT2D eigenvalue weighted by Crippen LogP contribution is -2.48. The van der Waals surface area contributed by atoms with Gasteiger partial charge in [-0.2, -0.15) is 10.1 Å². The van der Waals surface area contributed by atoms with Crippen LogP contribution in [0.15, 0.2) is 35.5 Å². The first-order valence-corrected chi connectivity index (χ1v) is 11.7. The Morgan fingerprint density at radius 2 is 2.11 bits per heavy atom. The van der Waals surface area contributed by atoms with Crippen LogP contribution in [0, 0.1) is 6.92 Å². The van der Waals surface area contributed by atoms with E-state index in [0.29, 0.717) is 28.9 Å². The van der Waals surface area contributed by atoms with Gasteiger partial charge >= 0.3 is 0 Å². The summed E-state index contributed by atoms with van der Waals surface area (Å²) in [6, 6.07) is 3.95. The molecular formula is C23H26N10O2. The molecule has 12 nitrogen and oxygen atoms in total. The minimum absolute atomic E-state index is 0.142. The van der Waals surface area contributed by atoms with Crippen molar-refractivity contribution in [2.24, 2.45) is 0 Å². The van der Waals surface area contributed by atoms with Crippen LogP contribution in [0.4, 0.5) is 5.95 Å². The summed E-state index contributed by atoms with van der Waals surface area (Å²) in [7, 11) is 1.59. The highest BCUT2D eigenvalue weighted by atomic mass is 16.5. The zero-order valence-corrected chi connectivity index (χ0v) is 19.8. The zero-order valence-electron chi connectivity index (χ0n) is 19.8. The van der Waals surface area contributed by atoms with Gasteiger partial charge in [0.1, 0.15) is 11.3 Å². The molecule has 0 bridgehead atoms. The summed E-state index contributed by atoms with van der Waals surface area (Å²) in [4.78, 5) is 27.4. The fourth-order valence-electron chi connectivity index (χ4n) is 4.56. The second kappa shape index (κ2) is 8.22. The van der Waals surface area contributed by atoms with Crippen LogP contribution < -0.4 is 15.2 Å². The maximum absolute atomic E-state index is 13.2. The number of H-pyrrole nitrogens is 1. The van der Waals surface area contributed by atoms with Gasteiger partial charge < -0.3 is 19.2 Å². The van der Waals surface area contributed by atoms with E-state index in [1.807, 2.05) is 23.1 Å². The van der Waals surface area contributed by atoms with E-state index < -0.39 is 0 Å². The highest BCUT2D eigenvalue weighted by Gasteiger charge is 2.31. The Morgan fingerprint density at radius 1 is 1.26 bits per heavy atom. The molecule has 5 aromatic rings. The first-order valence-electron chi connectivity index (χ1n) is 11.7. The lowest BCUT2D eigenvalue weighted by Gasteiger charge is -2.39. The molecule has 1 saturated heterocycles. The van der Waals surface area contributed by atoms with E-state index in [4.69, 9.17) is 4.74 Å². The van der Waals surface area contributed by atoms with Crippen LogP contribution in [0.1, 0.15) is 31.6 Å². The average Bonchev–Trinajstić information content (AvgIpc) is 3.57. The molecule has 0 amide bonds. The molecule has 1 fully saturated rings. The summed E-state index contributed by atoms with van der Waals surface area (Å²) in [6.07, 6.45) is 7.55. The molecule has 5 aromatic heterocycles. The van der Waals surface area contributed by atoms with Gasteiger partial charge in [0, 0.05) is 43.7 Å². The van der Waals surface area contributed by atoms with Crippen LogP contribution in [-0.4, -0.2) is 64.1 Å². The molecule has 6 rings (SSSR count). The summed E-state index contributed by atoms with van der Waals surface area (Å²) >= 11 is 0. The van der Waals surface area contributed by atoms with Gasteiger partial charge in [0.15, 0.2) is 0 Å². The Kier molecular flexibility index (Phi) is 5.01. The highest BCUT2D eigenvalue weighted by molar-refractivity contribution is 5.83. The normalized spacial score (nSPS) is 14.2. The number of anilines is 1. The Labute approximate surface area is 200 Å². The molecule has 0 aliphatic carbocycles. The number of hydrogen-bond donors (Lipinski definition) is 1. The average molecular weight is 475 g/mol. The first-order chi connectivity index (χ1) is 17.1. The van der Waals surface area contributed by atoms with Gasteiger partial charge in [0.05, 0.1) is 30.6 Å². The van der Waals surface area contributed by atoms with Gasteiger partial charge in [-0.05, 0) is 19.4 Å². The fraction of sp³-hybridized carbons (Fsp3) is 0.391. The summed E-state index contributed by atoms with van der Waals surface area (Å²) in [5.41, 5.74) is 3.00. The predicted octanol–water partition coefficient (Wildman–Crippen LogP) is 2.20. The molecule has 0 radical (unpaired) electrons. The summed E-state index contributed by atoms with van der Waals surface area (Å²) in [5.74, 6) is 2.35. The molecule has 1 N–H and O–H groups in total. The van der Waals surface area contributed by atoms with Gasteiger partial charge in [-0.25, -0.2) is 9.38 Å². The quantitative estimate of drug-likeness (QED) is 0.381. The second-order valence-corrected chi connectivity index (χ2v) is 8.80. The Morgan fingerprint density at radius 3 is 2.91 bits per heavy atom. The number of methoxy groups -OCH3 is 1. The van der Waals surface area contributed by atoms with Crippen molar-refractivity contribution in [1.29, 1.82) is 0 Å². The number of ether oxygens (including phenoxy) is 1. The van der Waals surface area contributed by atoms with Crippen molar-refractivity contribution in [2.75, 3.05) is 25.1 Å². The number of fused-ring (bicyclic) bond motifs is 2. The molecular weight excluding hydrogens is 448 g/mol. The number of unbranched alkanes of at least 4 members (excludes halogenated alkanes) is 1. The number of hydrogen-bond acceptors (Lipinski definition) is 8. The maximum Gasteiger partial charge on any atom is 0.284 e. The molecule has 0 spiro atoms. The Hall–Kier alpha value is -4.22. The molecule has 1 aliphatic rings. The highest BCUT2D eigenvalue weighted by Crippen LogP contribution is 2.29. The number of nitrogens with zero attached hydrogens (tertiary/aromatic N) is 9. The number of nitrogens with one attached hydrogen (secondary N) is 1. The van der Waals surface area contributed by atoms with Gasteiger partial charge in [-0.1, -0.05) is 13.3 Å². The Balaban J connectivity index is 1.30. The van der Waals surface area contributed by atoms with Crippen molar-refractivity contribution in [2.45, 2.75) is 39.3 Å². The molecule has 180 valence electrons. The van der Waals surface area contributed by atoms with E-state index in [2.05, 4.69) is 46.6 Å². The van der Waals surface area contributed by atoms with Crippen molar-refractivity contribution in [3.8, 4) is 17.1 Å². The molecule has 0 atom stereocenters. The molecule has 12 heteroatoms. The summed E-state index contributed by atoms with van der Waals surface area (Å²) < 4.78 is 10.8. The maximum atomic E-state index is 13.2. The van der Waals surface area contributed by atoms with Gasteiger partial charge in [-0.15, -0.1) is 10.2 Å². The van der Waals surface area contributed by atoms with Crippen LogP contribution in [0.3, 0.4) is 0 Å². The molecule has 35 heavy (non-hydrogen) atoms. The third-order valence-corrected chi connectivity index (χ3v) is 6.55. The van der Waals surface area contributed by atoms with Crippen molar-refractivity contribution in [3.05, 3.63) is 46.9 Å². The van der Waals surface area contributed by atoms with Gasteiger partial charge in [0.25, 0.3) is 5.56 Å². The van der Waals surface area contributed by atoms with Crippen LogP contribution in [0.5, 0.6) is 5.88 Å². The van der Waals surface area contributed by atoms with E-state index in [-0.39, 0.29) is 11.6 Å². The monoisotopic (exact) mass is 474 g/mol. The van der Waals surface area contributed by atoms with Crippen molar-refractivity contribution in [3.63, 3.8) is 0 Å². The fourth-order valence-corrected chi connectivity index (χ4v) is 4.56. The lowest BCUT2D eigenvalue weighted by molar-refractivity contribution is 0.358. The topological polar surface area (TPSA) is 124 Å². The third-order valence-electron chi connectivity index (χ3n) is 6.55.